The molecule has 2 aromatic carbocycles. The van der Waals surface area contributed by atoms with E-state index in [0.29, 0.717) is 5.56 Å². The fourth-order valence-electron chi connectivity index (χ4n) is 2.24. The van der Waals surface area contributed by atoms with Gasteiger partial charge in [-0.3, -0.25) is 14.9 Å². The maximum Gasteiger partial charge on any atom is 0.273 e. The van der Waals surface area contributed by atoms with Gasteiger partial charge in [-0.2, -0.15) is 0 Å². The lowest BCUT2D eigenvalue weighted by molar-refractivity contribution is -0.385. The minimum Gasteiger partial charge on any atom is -0.349 e. The molecule has 0 bridgehead atoms. The third-order valence-corrected chi connectivity index (χ3v) is 3.49. The summed E-state index contributed by atoms with van der Waals surface area (Å²) in [4.78, 5) is 22.6. The van der Waals surface area contributed by atoms with Crippen molar-refractivity contribution in [3.63, 3.8) is 0 Å². The summed E-state index contributed by atoms with van der Waals surface area (Å²) in [5.74, 6) is -0.234. The third kappa shape index (κ3) is 3.91. The Morgan fingerprint density at radius 1 is 1.18 bits per heavy atom. The minimum absolute atomic E-state index is 0.00659. The van der Waals surface area contributed by atoms with E-state index >= 15 is 0 Å². The Morgan fingerprint density at radius 2 is 1.82 bits per heavy atom. The maximum absolute atomic E-state index is 12.1. The number of para-hydroxylation sites is 1. The number of aryl methyl sites for hydroxylation is 1. The van der Waals surface area contributed by atoms with Gasteiger partial charge >= 0.3 is 0 Å². The van der Waals surface area contributed by atoms with E-state index in [-0.39, 0.29) is 24.1 Å². The Bertz CT molecular complexity index is 681. The predicted octanol–water partition coefficient (Wildman–Crippen LogP) is 3.32. The van der Waals surface area contributed by atoms with Crippen molar-refractivity contribution < 1.29 is 9.72 Å². The van der Waals surface area contributed by atoms with Crippen molar-refractivity contribution in [3.8, 4) is 0 Å². The number of nitrogens with zero attached hydrogens (tertiary/aromatic N) is 1. The zero-order valence-corrected chi connectivity index (χ0v) is 12.6. The number of hydrogen-bond donors (Lipinski definition) is 1. The van der Waals surface area contributed by atoms with Crippen molar-refractivity contribution >= 4 is 11.6 Å². The van der Waals surface area contributed by atoms with Crippen LogP contribution in [0.2, 0.25) is 0 Å². The van der Waals surface area contributed by atoms with Gasteiger partial charge in [0.25, 0.3) is 5.69 Å². The topological polar surface area (TPSA) is 72.2 Å². The first kappa shape index (κ1) is 15.7. The second-order valence-corrected chi connectivity index (χ2v) is 5.26. The summed E-state index contributed by atoms with van der Waals surface area (Å²) in [6.07, 6.45) is -0.00659. The molecule has 0 aliphatic rings. The molecule has 22 heavy (non-hydrogen) atoms. The Hall–Kier alpha value is -2.69. The summed E-state index contributed by atoms with van der Waals surface area (Å²) in [5, 5.41) is 13.8. The molecule has 0 fully saturated rings. The first-order chi connectivity index (χ1) is 10.5. The average Bonchev–Trinajstić information content (AvgIpc) is 2.48. The van der Waals surface area contributed by atoms with Gasteiger partial charge in [-0.25, -0.2) is 0 Å². The zero-order chi connectivity index (χ0) is 16.1. The Kier molecular flexibility index (Phi) is 4.88. The fraction of sp³-hybridized carbons (Fsp3) is 0.235. The number of carbonyl (C=O) groups excluding carboxylic acids is 1. The molecule has 0 radical (unpaired) electrons. The van der Waals surface area contributed by atoms with Gasteiger partial charge < -0.3 is 5.32 Å². The van der Waals surface area contributed by atoms with E-state index in [2.05, 4.69) is 5.32 Å². The summed E-state index contributed by atoms with van der Waals surface area (Å²) in [6, 6.07) is 14.1. The van der Waals surface area contributed by atoms with E-state index in [1.807, 2.05) is 38.1 Å². The van der Waals surface area contributed by atoms with Crippen molar-refractivity contribution in [1.82, 2.24) is 5.32 Å². The molecule has 0 saturated carbocycles. The van der Waals surface area contributed by atoms with E-state index < -0.39 is 4.92 Å². The summed E-state index contributed by atoms with van der Waals surface area (Å²) >= 11 is 0. The molecule has 2 aromatic rings. The molecule has 2 rings (SSSR count). The van der Waals surface area contributed by atoms with Gasteiger partial charge in [0, 0.05) is 11.6 Å². The number of carbonyl (C=O) groups is 1. The van der Waals surface area contributed by atoms with Gasteiger partial charge in [-0.05, 0) is 19.4 Å². The summed E-state index contributed by atoms with van der Waals surface area (Å²) < 4.78 is 0. The summed E-state index contributed by atoms with van der Waals surface area (Å²) in [7, 11) is 0. The van der Waals surface area contributed by atoms with Gasteiger partial charge in [0.2, 0.25) is 5.91 Å². The number of rotatable bonds is 5. The van der Waals surface area contributed by atoms with E-state index in [0.717, 1.165) is 11.1 Å². The molecule has 0 heterocycles. The van der Waals surface area contributed by atoms with Crippen LogP contribution in [-0.4, -0.2) is 10.8 Å². The first-order valence-corrected chi connectivity index (χ1v) is 7.05. The Labute approximate surface area is 129 Å². The van der Waals surface area contributed by atoms with Gasteiger partial charge in [-0.1, -0.05) is 48.0 Å². The number of amides is 1. The molecule has 5 heteroatoms. The molecule has 0 aromatic heterocycles. The van der Waals surface area contributed by atoms with Crippen LogP contribution in [0, 0.1) is 17.0 Å². The highest BCUT2D eigenvalue weighted by Crippen LogP contribution is 2.19. The van der Waals surface area contributed by atoms with Crippen LogP contribution in [-0.2, 0) is 11.2 Å². The number of hydrogen-bond acceptors (Lipinski definition) is 3. The molecule has 114 valence electrons. The lowest BCUT2D eigenvalue weighted by Crippen LogP contribution is -2.28. The lowest BCUT2D eigenvalue weighted by atomic mass is 10.1. The maximum atomic E-state index is 12.1. The van der Waals surface area contributed by atoms with Crippen LogP contribution in [0.3, 0.4) is 0 Å². The second kappa shape index (κ2) is 6.85. The van der Waals surface area contributed by atoms with E-state index in [1.54, 1.807) is 18.2 Å². The molecule has 1 N–H and O–H groups in total. The lowest BCUT2D eigenvalue weighted by Gasteiger charge is -2.14. The first-order valence-electron chi connectivity index (χ1n) is 7.05. The monoisotopic (exact) mass is 298 g/mol. The minimum atomic E-state index is -0.466. The van der Waals surface area contributed by atoms with E-state index in [4.69, 9.17) is 0 Å². The van der Waals surface area contributed by atoms with Crippen LogP contribution >= 0.6 is 0 Å². The molecular formula is C17H18N2O3. The molecule has 1 atom stereocenters. The van der Waals surface area contributed by atoms with Crippen LogP contribution in [0.25, 0.3) is 0 Å². The molecule has 0 unspecified atom stereocenters. The number of nitro benzene ring substituents is 1. The number of benzene rings is 2. The summed E-state index contributed by atoms with van der Waals surface area (Å²) in [5.41, 5.74) is 2.55. The second-order valence-electron chi connectivity index (χ2n) is 5.26. The standard InChI is InChI=1S/C17H18N2O3/c1-12-7-9-14(10-8-12)13(2)18-17(20)11-15-5-3-4-6-16(15)19(21)22/h3-10,13H,11H2,1-2H3,(H,18,20)/t13-/m1/s1. The van der Waals surface area contributed by atoms with E-state index in [1.165, 1.54) is 6.07 Å². The molecule has 5 nitrogen and oxygen atoms in total. The molecule has 0 aliphatic carbocycles. The molecular weight excluding hydrogens is 280 g/mol. The Morgan fingerprint density at radius 3 is 2.45 bits per heavy atom. The number of nitrogens with one attached hydrogen (secondary N) is 1. The van der Waals surface area contributed by atoms with Crippen LogP contribution in [0.1, 0.15) is 29.7 Å². The third-order valence-electron chi connectivity index (χ3n) is 3.49. The normalized spacial score (nSPS) is 11.7. The van der Waals surface area contributed by atoms with Gasteiger partial charge in [0.1, 0.15) is 0 Å². The van der Waals surface area contributed by atoms with Gasteiger partial charge in [0.05, 0.1) is 17.4 Å². The van der Waals surface area contributed by atoms with Crippen molar-refractivity contribution in [2.75, 3.05) is 0 Å². The van der Waals surface area contributed by atoms with E-state index in [9.17, 15) is 14.9 Å². The Balaban J connectivity index is 2.04. The smallest absolute Gasteiger partial charge is 0.273 e. The SMILES string of the molecule is Cc1ccc([C@@H](C)NC(=O)Cc2ccccc2[N+](=O)[O-])cc1. The average molecular weight is 298 g/mol. The quantitative estimate of drug-likeness (QED) is 0.680. The van der Waals surface area contributed by atoms with Crippen molar-refractivity contribution in [2.24, 2.45) is 0 Å². The summed E-state index contributed by atoms with van der Waals surface area (Å²) in [6.45, 7) is 3.89. The number of nitro groups is 1. The molecule has 1 amide bonds. The van der Waals surface area contributed by atoms with Crippen molar-refractivity contribution in [1.29, 1.82) is 0 Å². The highest BCUT2D eigenvalue weighted by molar-refractivity contribution is 5.80. The van der Waals surface area contributed by atoms with Gasteiger partial charge in [-0.15, -0.1) is 0 Å². The molecule has 0 aliphatic heterocycles. The van der Waals surface area contributed by atoms with Crippen molar-refractivity contribution in [2.45, 2.75) is 26.3 Å². The van der Waals surface area contributed by atoms with Crippen LogP contribution < -0.4 is 5.32 Å². The van der Waals surface area contributed by atoms with Crippen LogP contribution in [0.15, 0.2) is 48.5 Å². The van der Waals surface area contributed by atoms with Crippen LogP contribution in [0.5, 0.6) is 0 Å². The molecule has 0 saturated heterocycles. The largest absolute Gasteiger partial charge is 0.349 e. The van der Waals surface area contributed by atoms with Gasteiger partial charge in [0.15, 0.2) is 0 Å². The predicted molar refractivity (Wildman–Crippen MR) is 84.5 cm³/mol. The van der Waals surface area contributed by atoms with Crippen molar-refractivity contribution in [3.05, 3.63) is 75.3 Å². The molecule has 0 spiro atoms. The highest BCUT2D eigenvalue weighted by atomic mass is 16.6. The fourth-order valence-corrected chi connectivity index (χ4v) is 2.24. The van der Waals surface area contributed by atoms with Crippen LogP contribution in [0.4, 0.5) is 5.69 Å². The highest BCUT2D eigenvalue weighted by Gasteiger charge is 2.16. The zero-order valence-electron chi connectivity index (χ0n) is 12.6.